The second-order valence-corrected chi connectivity index (χ2v) is 10.6. The summed E-state index contributed by atoms with van der Waals surface area (Å²) in [5, 5.41) is 33.3. The minimum absolute atomic E-state index is 0.0700. The first-order chi connectivity index (χ1) is 18.5. The standard InChI is InChI=1S/C22H30N7O9P/c1-11(2)36-21(32)12(3)28-39(34,38-13-7-5-4-6-8-13)35-9-14-16(30)17(31)20(37-14)29-10-24-15-18(27-33)25-22(23)26-19(15)29/h4-8,10-12,14,16-17,20,30-31,33H,9H2,1-3H3,(H,28,34)(H3,23,25,26,27)/t12-,14+,16+,17+,20+,39-/m0/s1. The normalized spacial score (nSPS) is 23.5. The van der Waals surface area contributed by atoms with E-state index in [2.05, 4.69) is 20.0 Å². The number of para-hydroxylation sites is 1. The highest BCUT2D eigenvalue weighted by Gasteiger charge is 2.46. The number of ether oxygens (including phenoxy) is 2. The molecule has 4 rings (SSSR count). The van der Waals surface area contributed by atoms with Crippen molar-refractivity contribution in [3.05, 3.63) is 36.7 Å². The van der Waals surface area contributed by atoms with Gasteiger partial charge in [0.15, 0.2) is 23.2 Å². The third-order valence-electron chi connectivity index (χ3n) is 5.59. The highest BCUT2D eigenvalue weighted by molar-refractivity contribution is 7.52. The largest absolute Gasteiger partial charge is 0.462 e. The van der Waals surface area contributed by atoms with E-state index in [1.165, 1.54) is 17.8 Å². The van der Waals surface area contributed by atoms with Gasteiger partial charge in [-0.3, -0.25) is 24.6 Å². The number of carbonyl (C=O) groups excluding carboxylic acids is 1. The summed E-state index contributed by atoms with van der Waals surface area (Å²) in [6.45, 7) is 4.27. The molecule has 1 aliphatic heterocycles. The van der Waals surface area contributed by atoms with Crippen LogP contribution in [0.4, 0.5) is 11.8 Å². The number of fused-ring (bicyclic) bond motifs is 1. The molecule has 1 aliphatic rings. The van der Waals surface area contributed by atoms with Gasteiger partial charge < -0.3 is 29.9 Å². The summed E-state index contributed by atoms with van der Waals surface area (Å²) in [4.78, 5) is 24.3. The van der Waals surface area contributed by atoms with E-state index in [4.69, 9.17) is 24.3 Å². The van der Waals surface area contributed by atoms with Crippen LogP contribution in [0.1, 0.15) is 27.0 Å². The maximum atomic E-state index is 13.7. The van der Waals surface area contributed by atoms with E-state index in [0.29, 0.717) is 0 Å². The zero-order valence-electron chi connectivity index (χ0n) is 21.2. The smallest absolute Gasteiger partial charge is 0.459 e. The van der Waals surface area contributed by atoms with Crippen molar-refractivity contribution in [1.29, 1.82) is 0 Å². The van der Waals surface area contributed by atoms with Crippen molar-refractivity contribution in [1.82, 2.24) is 24.6 Å². The van der Waals surface area contributed by atoms with Crippen molar-refractivity contribution in [3.8, 4) is 5.75 Å². The molecule has 39 heavy (non-hydrogen) atoms. The fourth-order valence-corrected chi connectivity index (χ4v) is 5.30. The Hall–Kier alpha value is -3.37. The molecule has 17 heteroatoms. The zero-order chi connectivity index (χ0) is 28.3. The molecule has 1 fully saturated rings. The van der Waals surface area contributed by atoms with Gasteiger partial charge >= 0.3 is 13.7 Å². The van der Waals surface area contributed by atoms with Crippen LogP contribution in [0.3, 0.4) is 0 Å². The van der Waals surface area contributed by atoms with E-state index in [-0.39, 0.29) is 28.7 Å². The van der Waals surface area contributed by atoms with Crippen molar-refractivity contribution in [2.75, 3.05) is 17.8 Å². The van der Waals surface area contributed by atoms with Crippen LogP contribution in [0.2, 0.25) is 0 Å². The van der Waals surface area contributed by atoms with Gasteiger partial charge in [-0.05, 0) is 32.9 Å². The number of esters is 1. The molecule has 0 radical (unpaired) electrons. The van der Waals surface area contributed by atoms with E-state index in [0.717, 1.165) is 0 Å². The average Bonchev–Trinajstić information content (AvgIpc) is 3.42. The Morgan fingerprint density at radius 1 is 1.21 bits per heavy atom. The molecule has 1 saturated heterocycles. The Balaban J connectivity index is 1.52. The highest BCUT2D eigenvalue weighted by Crippen LogP contribution is 2.46. The lowest BCUT2D eigenvalue weighted by molar-refractivity contribution is -0.149. The fraction of sp³-hybridized carbons (Fsp3) is 0.455. The number of imidazole rings is 1. The van der Waals surface area contributed by atoms with E-state index >= 15 is 0 Å². The number of rotatable bonds is 11. The van der Waals surface area contributed by atoms with Gasteiger partial charge in [0, 0.05) is 0 Å². The topological polar surface area (TPSA) is 225 Å². The summed E-state index contributed by atoms with van der Waals surface area (Å²) in [5.74, 6) is -0.745. The maximum Gasteiger partial charge on any atom is 0.459 e. The average molecular weight is 567 g/mol. The number of aromatic nitrogens is 4. The van der Waals surface area contributed by atoms with Gasteiger partial charge in [0.2, 0.25) is 5.95 Å². The molecule has 6 atom stereocenters. The van der Waals surface area contributed by atoms with Crippen molar-refractivity contribution < 1.29 is 43.3 Å². The highest BCUT2D eigenvalue weighted by atomic mass is 31.2. The third kappa shape index (κ3) is 6.45. The SMILES string of the molecule is CC(C)OC(=O)[C@H](C)N[P@](=O)(OC[C@H]1O[C@@H](n2cnc3c(NO)nc(N)nc32)[C@H](O)[C@@H]1O)Oc1ccccc1. The predicted octanol–water partition coefficient (Wildman–Crippen LogP) is 0.962. The minimum atomic E-state index is -4.25. The van der Waals surface area contributed by atoms with Gasteiger partial charge in [-0.25, -0.2) is 9.55 Å². The number of nitrogen functional groups attached to an aromatic ring is 1. The summed E-state index contributed by atoms with van der Waals surface area (Å²) in [5.41, 5.74) is 7.79. The third-order valence-corrected chi connectivity index (χ3v) is 7.23. The lowest BCUT2D eigenvalue weighted by atomic mass is 10.1. The maximum absolute atomic E-state index is 13.7. The summed E-state index contributed by atoms with van der Waals surface area (Å²) in [6, 6.07) is 7.06. The van der Waals surface area contributed by atoms with Crippen LogP contribution in [0.5, 0.6) is 5.75 Å². The number of benzene rings is 1. The number of hydrogen-bond donors (Lipinski definition) is 6. The van der Waals surface area contributed by atoms with Crippen LogP contribution in [0, 0.1) is 0 Å². The van der Waals surface area contributed by atoms with Gasteiger partial charge in [-0.15, -0.1) is 0 Å². The van der Waals surface area contributed by atoms with Crippen LogP contribution in [-0.2, 0) is 23.4 Å². The van der Waals surface area contributed by atoms with Crippen molar-refractivity contribution in [2.24, 2.45) is 0 Å². The second kappa shape index (κ2) is 11.8. The number of nitrogens with two attached hydrogens (primary N) is 1. The summed E-state index contributed by atoms with van der Waals surface area (Å²) < 4.78 is 37.1. The quantitative estimate of drug-likeness (QED) is 0.108. The molecule has 0 spiro atoms. The Morgan fingerprint density at radius 3 is 2.59 bits per heavy atom. The lowest BCUT2D eigenvalue weighted by Gasteiger charge is -2.25. The van der Waals surface area contributed by atoms with Gasteiger partial charge in [0.1, 0.15) is 30.1 Å². The number of aliphatic hydroxyl groups excluding tert-OH is 2. The molecular weight excluding hydrogens is 537 g/mol. The summed E-state index contributed by atoms with van der Waals surface area (Å²) in [7, 11) is -4.25. The first-order valence-electron chi connectivity index (χ1n) is 11.9. The van der Waals surface area contributed by atoms with Crippen LogP contribution in [0.15, 0.2) is 36.7 Å². The number of hydrogen-bond acceptors (Lipinski definition) is 14. The molecule has 0 unspecified atom stereocenters. The van der Waals surface area contributed by atoms with Gasteiger partial charge in [0.05, 0.1) is 19.0 Å². The molecule has 0 aliphatic carbocycles. The Labute approximate surface area is 222 Å². The zero-order valence-corrected chi connectivity index (χ0v) is 22.1. The van der Waals surface area contributed by atoms with Crippen molar-refractivity contribution in [2.45, 2.75) is 57.5 Å². The van der Waals surface area contributed by atoms with Crippen LogP contribution >= 0.6 is 7.75 Å². The Morgan fingerprint density at radius 2 is 1.92 bits per heavy atom. The Bertz CT molecular complexity index is 1340. The van der Waals surface area contributed by atoms with Gasteiger partial charge in [-0.1, -0.05) is 18.2 Å². The first kappa shape index (κ1) is 28.6. The molecule has 1 aromatic carbocycles. The van der Waals surface area contributed by atoms with Gasteiger partial charge in [0.25, 0.3) is 0 Å². The first-order valence-corrected chi connectivity index (χ1v) is 13.4. The van der Waals surface area contributed by atoms with Crippen molar-refractivity contribution >= 4 is 36.6 Å². The monoisotopic (exact) mass is 567 g/mol. The summed E-state index contributed by atoms with van der Waals surface area (Å²) in [6.07, 6.45) is -4.51. The second-order valence-electron chi connectivity index (χ2n) is 8.95. The predicted molar refractivity (Wildman–Crippen MR) is 136 cm³/mol. The fourth-order valence-electron chi connectivity index (χ4n) is 3.80. The van der Waals surface area contributed by atoms with E-state index in [9.17, 15) is 24.8 Å². The number of nitrogens with zero attached hydrogens (tertiary/aromatic N) is 4. The van der Waals surface area contributed by atoms with Gasteiger partial charge in [-0.2, -0.15) is 15.1 Å². The summed E-state index contributed by atoms with van der Waals surface area (Å²) >= 11 is 0. The molecule has 0 saturated carbocycles. The molecule has 0 bridgehead atoms. The molecule has 7 N–H and O–H groups in total. The lowest BCUT2D eigenvalue weighted by Crippen LogP contribution is -2.38. The van der Waals surface area contributed by atoms with Crippen molar-refractivity contribution in [3.63, 3.8) is 0 Å². The Kier molecular flexibility index (Phi) is 8.66. The van der Waals surface area contributed by atoms with Crippen LogP contribution in [-0.4, -0.2) is 78.0 Å². The number of aliphatic hydroxyl groups is 2. The van der Waals surface area contributed by atoms with E-state index in [1.807, 2.05) is 5.48 Å². The number of anilines is 2. The molecular formula is C22H30N7O9P. The van der Waals surface area contributed by atoms with Crippen LogP contribution < -0.4 is 20.8 Å². The van der Waals surface area contributed by atoms with E-state index < -0.39 is 57.0 Å². The molecule has 0 amide bonds. The molecule has 3 aromatic rings. The molecule has 2 aromatic heterocycles. The molecule has 212 valence electrons. The number of carbonyl (C=O) groups is 1. The number of nitrogens with one attached hydrogen (secondary N) is 2. The minimum Gasteiger partial charge on any atom is -0.462 e. The van der Waals surface area contributed by atoms with E-state index in [1.54, 1.807) is 44.2 Å². The van der Waals surface area contributed by atoms with Crippen LogP contribution in [0.25, 0.3) is 11.2 Å². The molecule has 3 heterocycles. The molecule has 16 nitrogen and oxygen atoms in total.